The fourth-order valence-electron chi connectivity index (χ4n) is 1.94. The van der Waals surface area contributed by atoms with Crippen molar-refractivity contribution in [1.29, 1.82) is 0 Å². The first-order valence-electron chi connectivity index (χ1n) is 6.49. The Kier molecular flexibility index (Phi) is 3.02. The molecular weight excluding hydrogens is 244 g/mol. The van der Waals surface area contributed by atoms with Crippen LogP contribution < -0.4 is 10.1 Å². The van der Waals surface area contributed by atoms with E-state index in [1.54, 1.807) is 10.9 Å². The lowest BCUT2D eigenvalue weighted by Gasteiger charge is -2.00. The lowest BCUT2D eigenvalue weighted by atomic mass is 10.3. The summed E-state index contributed by atoms with van der Waals surface area (Å²) < 4.78 is 12.8. The fourth-order valence-corrected chi connectivity index (χ4v) is 1.94. The van der Waals surface area contributed by atoms with Crippen molar-refractivity contribution in [1.82, 2.24) is 20.1 Å². The molecule has 2 heterocycles. The number of nitrogens with zero attached hydrogens (tertiary/aromatic N) is 3. The van der Waals surface area contributed by atoms with E-state index in [2.05, 4.69) is 15.4 Å². The maximum Gasteiger partial charge on any atom is 0.399 e. The highest BCUT2D eigenvalue weighted by Crippen LogP contribution is 2.27. The predicted octanol–water partition coefficient (Wildman–Crippen LogP) is 2.07. The molecule has 0 bridgehead atoms. The minimum absolute atomic E-state index is 0.270. The molecule has 0 unspecified atom stereocenters. The third kappa shape index (κ3) is 2.63. The average molecular weight is 262 g/mol. The van der Waals surface area contributed by atoms with Crippen molar-refractivity contribution < 1.29 is 9.15 Å². The molecule has 1 fully saturated rings. The topological polar surface area (TPSA) is 65.1 Å². The van der Waals surface area contributed by atoms with Crippen LogP contribution >= 0.6 is 0 Å². The number of aryl methyl sites for hydroxylation is 2. The summed E-state index contributed by atoms with van der Waals surface area (Å²) in [6, 6.07) is 0.656. The van der Waals surface area contributed by atoms with Crippen molar-refractivity contribution in [3.8, 4) is 11.8 Å². The van der Waals surface area contributed by atoms with E-state index in [0.717, 1.165) is 23.6 Å². The van der Waals surface area contributed by atoms with Gasteiger partial charge in [0.05, 0.1) is 11.4 Å². The first kappa shape index (κ1) is 12.2. The van der Waals surface area contributed by atoms with E-state index in [-0.39, 0.29) is 6.08 Å². The molecular formula is C13H18N4O2. The summed E-state index contributed by atoms with van der Waals surface area (Å²) >= 11 is 0. The van der Waals surface area contributed by atoms with Crippen LogP contribution in [0.25, 0.3) is 0 Å². The number of aromatic nitrogens is 3. The van der Waals surface area contributed by atoms with Gasteiger partial charge in [-0.05, 0) is 26.7 Å². The Hall–Kier alpha value is -1.82. The maximum atomic E-state index is 5.67. The molecule has 6 heteroatoms. The summed E-state index contributed by atoms with van der Waals surface area (Å²) in [5.74, 6) is 0.714. The van der Waals surface area contributed by atoms with Crippen molar-refractivity contribution in [2.24, 2.45) is 7.05 Å². The quantitative estimate of drug-likeness (QED) is 0.893. The Bertz CT molecular complexity index is 583. The molecule has 6 nitrogen and oxygen atoms in total. The summed E-state index contributed by atoms with van der Waals surface area (Å²) in [6.07, 6.45) is 4.42. The van der Waals surface area contributed by atoms with Crippen LogP contribution in [0.15, 0.2) is 10.7 Å². The SMILES string of the molecule is Cc1nn(C)c(C)c1Oc1nc(CNC2CC2)co1. The predicted molar refractivity (Wildman–Crippen MR) is 69.1 cm³/mol. The van der Waals surface area contributed by atoms with Gasteiger partial charge in [0.15, 0.2) is 5.75 Å². The molecule has 1 aliphatic rings. The van der Waals surface area contributed by atoms with Gasteiger partial charge in [-0.25, -0.2) is 0 Å². The van der Waals surface area contributed by atoms with Crippen LogP contribution in [-0.2, 0) is 13.6 Å². The van der Waals surface area contributed by atoms with Crippen LogP contribution in [0.3, 0.4) is 0 Å². The van der Waals surface area contributed by atoms with E-state index in [0.29, 0.717) is 11.8 Å². The Labute approximate surface area is 111 Å². The number of oxazole rings is 1. The molecule has 1 N–H and O–H groups in total. The summed E-state index contributed by atoms with van der Waals surface area (Å²) in [5, 5.41) is 7.67. The summed E-state index contributed by atoms with van der Waals surface area (Å²) in [7, 11) is 1.88. The molecule has 0 radical (unpaired) electrons. The monoisotopic (exact) mass is 262 g/mol. The number of hydrogen-bond acceptors (Lipinski definition) is 5. The summed E-state index contributed by atoms with van der Waals surface area (Å²) in [4.78, 5) is 4.31. The zero-order chi connectivity index (χ0) is 13.4. The summed E-state index contributed by atoms with van der Waals surface area (Å²) in [5.41, 5.74) is 2.64. The molecule has 3 rings (SSSR count). The zero-order valence-corrected chi connectivity index (χ0v) is 11.4. The minimum Gasteiger partial charge on any atom is -0.417 e. The van der Waals surface area contributed by atoms with E-state index >= 15 is 0 Å². The van der Waals surface area contributed by atoms with Gasteiger partial charge >= 0.3 is 6.08 Å². The third-order valence-corrected chi connectivity index (χ3v) is 3.31. The van der Waals surface area contributed by atoms with Crippen LogP contribution in [0.5, 0.6) is 11.8 Å². The van der Waals surface area contributed by atoms with Crippen LogP contribution in [0.2, 0.25) is 0 Å². The lowest BCUT2D eigenvalue weighted by molar-refractivity contribution is 0.327. The second kappa shape index (κ2) is 4.70. The van der Waals surface area contributed by atoms with Crippen molar-refractivity contribution in [2.75, 3.05) is 0 Å². The van der Waals surface area contributed by atoms with Crippen molar-refractivity contribution in [2.45, 2.75) is 39.3 Å². The average Bonchev–Trinajstić information content (AvgIpc) is 3.06. The number of nitrogens with one attached hydrogen (secondary N) is 1. The molecule has 0 atom stereocenters. The molecule has 1 aliphatic carbocycles. The van der Waals surface area contributed by atoms with E-state index in [1.807, 2.05) is 20.9 Å². The molecule has 1 saturated carbocycles. The first-order chi connectivity index (χ1) is 9.13. The smallest absolute Gasteiger partial charge is 0.399 e. The van der Waals surface area contributed by atoms with Gasteiger partial charge in [-0.3, -0.25) is 4.68 Å². The highest BCUT2D eigenvalue weighted by atomic mass is 16.6. The van der Waals surface area contributed by atoms with Crippen LogP contribution in [0.4, 0.5) is 0 Å². The number of rotatable bonds is 5. The standard InChI is InChI=1S/C13H18N4O2/c1-8-12(9(2)17(3)16-8)19-13-15-11(7-18-13)6-14-10-4-5-10/h7,10,14H,4-6H2,1-3H3. The van der Waals surface area contributed by atoms with Crippen LogP contribution in [0.1, 0.15) is 29.9 Å². The van der Waals surface area contributed by atoms with Gasteiger partial charge in [-0.2, -0.15) is 10.1 Å². The molecule has 0 aliphatic heterocycles. The lowest BCUT2D eigenvalue weighted by Crippen LogP contribution is -2.15. The van der Waals surface area contributed by atoms with Gasteiger partial charge < -0.3 is 14.5 Å². The Morgan fingerprint density at radius 1 is 1.47 bits per heavy atom. The minimum atomic E-state index is 0.270. The van der Waals surface area contributed by atoms with Gasteiger partial charge in [0.25, 0.3) is 0 Å². The molecule has 0 aromatic carbocycles. The van der Waals surface area contributed by atoms with Gasteiger partial charge in [0.2, 0.25) is 0 Å². The Morgan fingerprint density at radius 2 is 2.26 bits per heavy atom. The van der Waals surface area contributed by atoms with Crippen molar-refractivity contribution in [3.63, 3.8) is 0 Å². The largest absolute Gasteiger partial charge is 0.417 e. The summed E-state index contributed by atoms with van der Waals surface area (Å²) in [6.45, 7) is 4.58. The Balaban J connectivity index is 1.68. The molecule has 2 aromatic rings. The van der Waals surface area contributed by atoms with Crippen LogP contribution in [-0.4, -0.2) is 20.8 Å². The third-order valence-electron chi connectivity index (χ3n) is 3.31. The van der Waals surface area contributed by atoms with Gasteiger partial charge in [-0.1, -0.05) is 0 Å². The zero-order valence-electron chi connectivity index (χ0n) is 11.4. The number of ether oxygens (including phenoxy) is 1. The molecule has 19 heavy (non-hydrogen) atoms. The fraction of sp³-hybridized carbons (Fsp3) is 0.538. The van der Waals surface area contributed by atoms with Gasteiger partial charge in [0.1, 0.15) is 12.0 Å². The Morgan fingerprint density at radius 3 is 2.89 bits per heavy atom. The van der Waals surface area contributed by atoms with E-state index in [1.165, 1.54) is 12.8 Å². The maximum absolute atomic E-state index is 5.67. The first-order valence-corrected chi connectivity index (χ1v) is 6.49. The van der Waals surface area contributed by atoms with Gasteiger partial charge in [-0.15, -0.1) is 0 Å². The molecule has 0 spiro atoms. The van der Waals surface area contributed by atoms with E-state index in [4.69, 9.17) is 9.15 Å². The second-order valence-corrected chi connectivity index (χ2v) is 4.99. The van der Waals surface area contributed by atoms with Crippen molar-refractivity contribution in [3.05, 3.63) is 23.3 Å². The van der Waals surface area contributed by atoms with Crippen LogP contribution in [0, 0.1) is 13.8 Å². The number of hydrogen-bond donors (Lipinski definition) is 1. The normalized spacial score (nSPS) is 14.9. The highest BCUT2D eigenvalue weighted by molar-refractivity contribution is 5.33. The van der Waals surface area contributed by atoms with Crippen molar-refractivity contribution >= 4 is 0 Å². The second-order valence-electron chi connectivity index (χ2n) is 4.99. The van der Waals surface area contributed by atoms with E-state index < -0.39 is 0 Å². The highest BCUT2D eigenvalue weighted by Gasteiger charge is 2.21. The molecule has 2 aromatic heterocycles. The molecule has 0 saturated heterocycles. The molecule has 0 amide bonds. The molecule has 102 valence electrons. The van der Waals surface area contributed by atoms with Gasteiger partial charge in [0, 0.05) is 19.6 Å². The van der Waals surface area contributed by atoms with E-state index in [9.17, 15) is 0 Å².